The maximum Gasteiger partial charge on any atom is 0.0602 e. The van der Waals surface area contributed by atoms with Crippen molar-refractivity contribution >= 4 is 37.2 Å². The maximum atomic E-state index is 5.91. The second-order valence-corrected chi connectivity index (χ2v) is 2.87. The van der Waals surface area contributed by atoms with Crippen LogP contribution in [0, 0.1) is 0 Å². The molecular weight excluding hydrogens is 230 g/mol. The molecule has 1 heterocycles. The Kier molecular flexibility index (Phi) is 6.72. The SMILES string of the molecule is Cl.Cl.Cl.NC1(c2ccccn2)CC1. The van der Waals surface area contributed by atoms with Crippen LogP contribution >= 0.6 is 37.2 Å². The molecule has 1 aromatic rings. The number of pyridine rings is 1. The quantitative estimate of drug-likeness (QED) is 0.822. The molecule has 0 atom stereocenters. The van der Waals surface area contributed by atoms with Crippen molar-refractivity contribution in [2.45, 2.75) is 18.4 Å². The van der Waals surface area contributed by atoms with Gasteiger partial charge in [-0.15, -0.1) is 37.2 Å². The molecule has 0 saturated heterocycles. The third-order valence-corrected chi connectivity index (χ3v) is 1.96. The van der Waals surface area contributed by atoms with Crippen LogP contribution in [-0.2, 0) is 5.54 Å². The zero-order valence-electron chi connectivity index (χ0n) is 6.97. The molecule has 1 saturated carbocycles. The summed E-state index contributed by atoms with van der Waals surface area (Å²) in [6.07, 6.45) is 3.97. The fourth-order valence-corrected chi connectivity index (χ4v) is 1.05. The summed E-state index contributed by atoms with van der Waals surface area (Å²) in [6.45, 7) is 0. The van der Waals surface area contributed by atoms with E-state index in [4.69, 9.17) is 5.73 Å². The number of hydrogen-bond acceptors (Lipinski definition) is 2. The number of nitrogens with zero attached hydrogens (tertiary/aromatic N) is 1. The molecule has 1 fully saturated rings. The van der Waals surface area contributed by atoms with E-state index in [9.17, 15) is 0 Å². The molecule has 0 aliphatic heterocycles. The average Bonchev–Trinajstić information content (AvgIpc) is 2.72. The molecule has 2 N–H and O–H groups in total. The summed E-state index contributed by atoms with van der Waals surface area (Å²) in [7, 11) is 0. The lowest BCUT2D eigenvalue weighted by atomic mass is 10.2. The zero-order valence-corrected chi connectivity index (χ0v) is 9.42. The fraction of sp³-hybridized carbons (Fsp3) is 0.375. The van der Waals surface area contributed by atoms with Crippen molar-refractivity contribution in [1.29, 1.82) is 0 Å². The average molecular weight is 244 g/mol. The normalized spacial score (nSPS) is 15.8. The first-order chi connectivity index (χ1) is 4.81. The van der Waals surface area contributed by atoms with Gasteiger partial charge in [-0.25, -0.2) is 0 Å². The Morgan fingerprint density at radius 1 is 1.15 bits per heavy atom. The first-order valence-electron chi connectivity index (χ1n) is 3.52. The van der Waals surface area contributed by atoms with Crippen molar-refractivity contribution < 1.29 is 0 Å². The Labute approximate surface area is 96.5 Å². The first kappa shape index (κ1) is 15.5. The number of nitrogens with two attached hydrogens (primary N) is 1. The van der Waals surface area contributed by atoms with Crippen molar-refractivity contribution in [3.63, 3.8) is 0 Å². The van der Waals surface area contributed by atoms with E-state index >= 15 is 0 Å². The lowest BCUT2D eigenvalue weighted by Gasteiger charge is -2.05. The molecule has 5 heteroatoms. The predicted molar refractivity (Wildman–Crippen MR) is 61.1 cm³/mol. The largest absolute Gasteiger partial charge is 0.320 e. The Morgan fingerprint density at radius 2 is 1.77 bits per heavy atom. The minimum atomic E-state index is -0.0682. The van der Waals surface area contributed by atoms with Gasteiger partial charge in [0.25, 0.3) is 0 Å². The Hall–Kier alpha value is -0.0200. The Balaban J connectivity index is 0. The van der Waals surface area contributed by atoms with Crippen LogP contribution in [0.2, 0.25) is 0 Å². The van der Waals surface area contributed by atoms with E-state index in [1.165, 1.54) is 0 Å². The Bertz CT molecular complexity index is 236. The Morgan fingerprint density at radius 3 is 2.15 bits per heavy atom. The monoisotopic (exact) mass is 242 g/mol. The molecule has 0 aromatic carbocycles. The van der Waals surface area contributed by atoms with Gasteiger partial charge in [-0.05, 0) is 25.0 Å². The predicted octanol–water partition coefficient (Wildman–Crippen LogP) is 2.29. The third kappa shape index (κ3) is 3.31. The maximum absolute atomic E-state index is 5.91. The van der Waals surface area contributed by atoms with E-state index in [1.807, 2.05) is 18.2 Å². The molecular formula is C8H13Cl3N2. The lowest BCUT2D eigenvalue weighted by Crippen LogP contribution is -2.19. The van der Waals surface area contributed by atoms with Gasteiger partial charge in [0.15, 0.2) is 0 Å². The van der Waals surface area contributed by atoms with Gasteiger partial charge in [-0.2, -0.15) is 0 Å². The number of hydrogen-bond donors (Lipinski definition) is 1. The van der Waals surface area contributed by atoms with Crippen molar-refractivity contribution in [2.24, 2.45) is 5.73 Å². The highest BCUT2D eigenvalue weighted by atomic mass is 35.5. The van der Waals surface area contributed by atoms with Gasteiger partial charge in [0.1, 0.15) is 0 Å². The molecule has 0 bridgehead atoms. The van der Waals surface area contributed by atoms with Crippen LogP contribution in [0.5, 0.6) is 0 Å². The van der Waals surface area contributed by atoms with E-state index in [0.29, 0.717) is 0 Å². The van der Waals surface area contributed by atoms with Crippen LogP contribution in [0.1, 0.15) is 18.5 Å². The lowest BCUT2D eigenvalue weighted by molar-refractivity contribution is 0.708. The number of aromatic nitrogens is 1. The van der Waals surface area contributed by atoms with E-state index < -0.39 is 0 Å². The molecule has 2 nitrogen and oxygen atoms in total. The van der Waals surface area contributed by atoms with Gasteiger partial charge in [-0.3, -0.25) is 4.98 Å². The summed E-state index contributed by atoms with van der Waals surface area (Å²) in [5.41, 5.74) is 6.87. The van der Waals surface area contributed by atoms with E-state index in [1.54, 1.807) is 6.20 Å². The van der Waals surface area contributed by atoms with Crippen molar-refractivity contribution in [1.82, 2.24) is 4.98 Å². The van der Waals surface area contributed by atoms with Crippen molar-refractivity contribution in [2.75, 3.05) is 0 Å². The van der Waals surface area contributed by atoms with E-state index in [2.05, 4.69) is 4.98 Å². The first-order valence-corrected chi connectivity index (χ1v) is 3.52. The fourth-order valence-electron chi connectivity index (χ4n) is 1.05. The highest BCUT2D eigenvalue weighted by Gasteiger charge is 2.41. The molecule has 76 valence electrons. The smallest absolute Gasteiger partial charge is 0.0602 e. The topological polar surface area (TPSA) is 38.9 Å². The van der Waals surface area contributed by atoms with Crippen LogP contribution < -0.4 is 5.73 Å². The molecule has 2 rings (SSSR count). The van der Waals surface area contributed by atoms with Gasteiger partial charge in [0.2, 0.25) is 0 Å². The summed E-state index contributed by atoms with van der Waals surface area (Å²) in [5.74, 6) is 0. The minimum absolute atomic E-state index is 0. The summed E-state index contributed by atoms with van der Waals surface area (Å²) in [4.78, 5) is 4.19. The zero-order chi connectivity index (χ0) is 7.03. The van der Waals surface area contributed by atoms with Crippen LogP contribution in [0.15, 0.2) is 24.4 Å². The third-order valence-electron chi connectivity index (χ3n) is 1.96. The summed E-state index contributed by atoms with van der Waals surface area (Å²) in [5, 5.41) is 0. The van der Waals surface area contributed by atoms with Crippen LogP contribution in [0.3, 0.4) is 0 Å². The summed E-state index contributed by atoms with van der Waals surface area (Å²) >= 11 is 0. The molecule has 0 spiro atoms. The molecule has 1 aliphatic rings. The van der Waals surface area contributed by atoms with Gasteiger partial charge >= 0.3 is 0 Å². The number of rotatable bonds is 1. The number of halogens is 3. The molecule has 13 heavy (non-hydrogen) atoms. The van der Waals surface area contributed by atoms with Gasteiger partial charge in [0.05, 0.1) is 11.2 Å². The van der Waals surface area contributed by atoms with Crippen LogP contribution in [0.4, 0.5) is 0 Å². The molecule has 0 unspecified atom stereocenters. The summed E-state index contributed by atoms with van der Waals surface area (Å²) in [6, 6.07) is 5.89. The molecule has 0 radical (unpaired) electrons. The highest BCUT2D eigenvalue weighted by molar-refractivity contribution is 5.86. The van der Waals surface area contributed by atoms with Crippen molar-refractivity contribution in [3.05, 3.63) is 30.1 Å². The standard InChI is InChI=1S/C8H10N2.3ClH/c9-8(4-5-8)7-3-1-2-6-10-7;;;/h1-3,6H,4-5,9H2;3*1H. The van der Waals surface area contributed by atoms with Crippen LogP contribution in [0.25, 0.3) is 0 Å². The highest BCUT2D eigenvalue weighted by Crippen LogP contribution is 2.41. The van der Waals surface area contributed by atoms with Gasteiger partial charge in [-0.1, -0.05) is 6.07 Å². The summed E-state index contributed by atoms with van der Waals surface area (Å²) < 4.78 is 0. The van der Waals surface area contributed by atoms with Gasteiger partial charge < -0.3 is 5.73 Å². The minimum Gasteiger partial charge on any atom is -0.320 e. The molecule has 0 amide bonds. The second kappa shape index (κ2) is 5.66. The van der Waals surface area contributed by atoms with Crippen molar-refractivity contribution in [3.8, 4) is 0 Å². The second-order valence-electron chi connectivity index (χ2n) is 2.87. The van der Waals surface area contributed by atoms with E-state index in [-0.39, 0.29) is 42.8 Å². The van der Waals surface area contributed by atoms with Gasteiger partial charge in [0, 0.05) is 6.20 Å². The van der Waals surface area contributed by atoms with E-state index in [0.717, 1.165) is 18.5 Å². The molecule has 1 aromatic heterocycles. The molecule has 1 aliphatic carbocycles. The van der Waals surface area contributed by atoms with Crippen LogP contribution in [-0.4, -0.2) is 4.98 Å².